The molecule has 0 saturated heterocycles. The number of nitrogens with two attached hydrogens (primary N) is 1. The molecule has 0 aliphatic heterocycles. The van der Waals surface area contributed by atoms with E-state index in [2.05, 4.69) is 15.5 Å². The summed E-state index contributed by atoms with van der Waals surface area (Å²) >= 11 is 0. The van der Waals surface area contributed by atoms with E-state index in [4.69, 9.17) is 10.3 Å². The first-order chi connectivity index (χ1) is 7.65. The van der Waals surface area contributed by atoms with Crippen LogP contribution in [0.25, 0.3) is 0 Å². The zero-order valence-corrected chi connectivity index (χ0v) is 8.70. The van der Waals surface area contributed by atoms with Crippen LogP contribution in [-0.4, -0.2) is 10.1 Å². The highest BCUT2D eigenvalue weighted by molar-refractivity contribution is 5.65. The minimum atomic E-state index is -0.364. The fraction of sp³-hybridized carbons (Fsp3) is 0.200. The number of benzene rings is 1. The van der Waals surface area contributed by atoms with Crippen LogP contribution in [0.3, 0.4) is 0 Å². The molecule has 2 rings (SSSR count). The van der Waals surface area contributed by atoms with E-state index in [1.165, 1.54) is 12.1 Å². The molecule has 0 spiro atoms. The van der Waals surface area contributed by atoms with E-state index in [1.807, 2.05) is 0 Å². The Morgan fingerprint density at radius 2 is 2.31 bits per heavy atom. The molecule has 5 nitrogen and oxygen atoms in total. The highest BCUT2D eigenvalue weighted by Crippen LogP contribution is 2.19. The average molecular weight is 222 g/mol. The molecule has 0 amide bonds. The van der Waals surface area contributed by atoms with Crippen molar-refractivity contribution < 1.29 is 8.91 Å². The smallest absolute Gasteiger partial charge is 0.245 e. The molecule has 3 N–H and O–H groups in total. The normalized spacial score (nSPS) is 10.4. The van der Waals surface area contributed by atoms with Crippen LogP contribution in [0, 0.1) is 12.7 Å². The zero-order chi connectivity index (χ0) is 11.5. The maximum Gasteiger partial charge on any atom is 0.245 e. The number of halogens is 1. The number of rotatable bonds is 3. The second-order valence-corrected chi connectivity index (χ2v) is 3.32. The number of aromatic nitrogens is 2. The van der Waals surface area contributed by atoms with Gasteiger partial charge >= 0.3 is 0 Å². The Kier molecular flexibility index (Phi) is 2.72. The van der Waals surface area contributed by atoms with Gasteiger partial charge in [0.05, 0.1) is 17.9 Å². The van der Waals surface area contributed by atoms with E-state index in [-0.39, 0.29) is 5.82 Å². The Balaban J connectivity index is 2.04. The van der Waals surface area contributed by atoms with Crippen LogP contribution in [0.5, 0.6) is 0 Å². The Bertz CT molecular complexity index is 497. The first-order valence-corrected chi connectivity index (χ1v) is 4.73. The van der Waals surface area contributed by atoms with Gasteiger partial charge in [-0.1, -0.05) is 5.16 Å². The summed E-state index contributed by atoms with van der Waals surface area (Å²) in [5, 5.41) is 6.63. The molecular weight excluding hydrogens is 211 g/mol. The van der Waals surface area contributed by atoms with Gasteiger partial charge in [-0.15, -0.1) is 0 Å². The third kappa shape index (κ3) is 2.28. The number of anilines is 2. The number of nitrogen functional groups attached to an aromatic ring is 1. The van der Waals surface area contributed by atoms with Gasteiger partial charge in [-0.25, -0.2) is 4.39 Å². The van der Waals surface area contributed by atoms with Crippen LogP contribution < -0.4 is 11.1 Å². The Morgan fingerprint density at radius 3 is 2.94 bits per heavy atom. The van der Waals surface area contributed by atoms with Gasteiger partial charge in [0.15, 0.2) is 5.82 Å². The molecule has 6 heteroatoms. The molecule has 2 aromatic rings. The van der Waals surface area contributed by atoms with Gasteiger partial charge in [-0.2, -0.15) is 4.98 Å². The predicted octanol–water partition coefficient (Wildman–Crippen LogP) is 1.71. The maximum absolute atomic E-state index is 12.8. The van der Waals surface area contributed by atoms with Crippen molar-refractivity contribution in [2.24, 2.45) is 0 Å². The van der Waals surface area contributed by atoms with Crippen LogP contribution in [0.1, 0.15) is 11.7 Å². The summed E-state index contributed by atoms with van der Waals surface area (Å²) in [6.45, 7) is 2.09. The summed E-state index contributed by atoms with van der Waals surface area (Å²) in [7, 11) is 0. The third-order valence-corrected chi connectivity index (χ3v) is 2.01. The van der Waals surface area contributed by atoms with Crippen molar-refractivity contribution >= 4 is 11.4 Å². The minimum Gasteiger partial charge on any atom is -0.397 e. The summed E-state index contributed by atoms with van der Waals surface area (Å²) < 4.78 is 17.7. The molecule has 84 valence electrons. The van der Waals surface area contributed by atoms with Crippen LogP contribution >= 0.6 is 0 Å². The van der Waals surface area contributed by atoms with E-state index < -0.39 is 0 Å². The number of nitrogens with one attached hydrogen (secondary N) is 1. The molecular formula is C10H11FN4O. The average Bonchev–Trinajstić information content (AvgIpc) is 2.63. The molecule has 0 radical (unpaired) electrons. The van der Waals surface area contributed by atoms with E-state index in [0.29, 0.717) is 29.6 Å². The van der Waals surface area contributed by atoms with Gasteiger partial charge in [-0.3, -0.25) is 0 Å². The first kappa shape index (κ1) is 10.4. The molecule has 0 atom stereocenters. The van der Waals surface area contributed by atoms with Crippen LogP contribution in [0.4, 0.5) is 15.8 Å². The molecule has 0 saturated carbocycles. The summed E-state index contributed by atoms with van der Waals surface area (Å²) in [6.07, 6.45) is 0. The van der Waals surface area contributed by atoms with Crippen molar-refractivity contribution in [3.8, 4) is 0 Å². The molecule has 0 aliphatic carbocycles. The largest absolute Gasteiger partial charge is 0.397 e. The molecule has 1 heterocycles. The molecule has 0 unspecified atom stereocenters. The van der Waals surface area contributed by atoms with Crippen LogP contribution in [-0.2, 0) is 6.54 Å². The van der Waals surface area contributed by atoms with Gasteiger partial charge in [0.2, 0.25) is 5.89 Å². The number of hydrogen-bond donors (Lipinski definition) is 2. The van der Waals surface area contributed by atoms with Crippen LogP contribution in [0.15, 0.2) is 22.7 Å². The van der Waals surface area contributed by atoms with Gasteiger partial charge in [0, 0.05) is 0 Å². The van der Waals surface area contributed by atoms with E-state index in [1.54, 1.807) is 13.0 Å². The summed E-state index contributed by atoms with van der Waals surface area (Å²) in [5.41, 5.74) is 6.60. The predicted molar refractivity (Wildman–Crippen MR) is 57.2 cm³/mol. The second kappa shape index (κ2) is 4.18. The highest BCUT2D eigenvalue weighted by Gasteiger charge is 2.04. The van der Waals surface area contributed by atoms with Crippen molar-refractivity contribution in [2.75, 3.05) is 11.1 Å². The van der Waals surface area contributed by atoms with Gasteiger partial charge in [0.25, 0.3) is 0 Å². The summed E-state index contributed by atoms with van der Waals surface area (Å²) in [4.78, 5) is 4.02. The lowest BCUT2D eigenvalue weighted by Crippen LogP contribution is -2.03. The van der Waals surface area contributed by atoms with Gasteiger partial charge < -0.3 is 15.6 Å². The maximum atomic E-state index is 12.8. The van der Waals surface area contributed by atoms with E-state index in [0.717, 1.165) is 0 Å². The summed E-state index contributed by atoms with van der Waals surface area (Å²) in [5.74, 6) is 0.668. The Morgan fingerprint density at radius 1 is 1.50 bits per heavy atom. The van der Waals surface area contributed by atoms with Crippen molar-refractivity contribution in [3.05, 3.63) is 35.7 Å². The molecule has 0 aliphatic rings. The van der Waals surface area contributed by atoms with Gasteiger partial charge in [-0.05, 0) is 25.1 Å². The monoisotopic (exact) mass is 222 g/mol. The molecule has 0 bridgehead atoms. The quantitative estimate of drug-likeness (QED) is 0.773. The fourth-order valence-corrected chi connectivity index (χ4v) is 1.28. The molecule has 0 fully saturated rings. The summed E-state index contributed by atoms with van der Waals surface area (Å²) in [6, 6.07) is 4.15. The number of nitrogens with zero attached hydrogens (tertiary/aromatic N) is 2. The lowest BCUT2D eigenvalue weighted by molar-refractivity contribution is 0.379. The standard InChI is InChI=1S/C10H11FN4O/c1-6-14-10(16-15-6)5-13-9-3-2-7(11)4-8(9)12/h2-4,13H,5,12H2,1H3. The topological polar surface area (TPSA) is 77.0 Å². The Labute approximate surface area is 91.5 Å². The van der Waals surface area contributed by atoms with Gasteiger partial charge in [0.1, 0.15) is 5.82 Å². The second-order valence-electron chi connectivity index (χ2n) is 3.32. The number of aryl methyl sites for hydroxylation is 1. The first-order valence-electron chi connectivity index (χ1n) is 4.73. The van der Waals surface area contributed by atoms with Crippen molar-refractivity contribution in [2.45, 2.75) is 13.5 Å². The molecule has 1 aromatic carbocycles. The minimum absolute atomic E-state index is 0.344. The van der Waals surface area contributed by atoms with Crippen molar-refractivity contribution in [3.63, 3.8) is 0 Å². The van der Waals surface area contributed by atoms with Crippen LogP contribution in [0.2, 0.25) is 0 Å². The van der Waals surface area contributed by atoms with E-state index >= 15 is 0 Å². The molecule has 1 aromatic heterocycles. The van der Waals surface area contributed by atoms with E-state index in [9.17, 15) is 4.39 Å². The fourth-order valence-electron chi connectivity index (χ4n) is 1.28. The van der Waals surface area contributed by atoms with Crippen molar-refractivity contribution in [1.29, 1.82) is 0 Å². The molecule has 16 heavy (non-hydrogen) atoms. The van der Waals surface area contributed by atoms with Crippen molar-refractivity contribution in [1.82, 2.24) is 10.1 Å². The number of hydrogen-bond acceptors (Lipinski definition) is 5. The highest BCUT2D eigenvalue weighted by atomic mass is 19.1. The third-order valence-electron chi connectivity index (χ3n) is 2.01. The lowest BCUT2D eigenvalue weighted by Gasteiger charge is -2.06. The Hall–Kier alpha value is -2.11. The lowest BCUT2D eigenvalue weighted by atomic mass is 10.2. The zero-order valence-electron chi connectivity index (χ0n) is 8.70. The SMILES string of the molecule is Cc1noc(CNc2ccc(F)cc2N)n1.